The van der Waals surface area contributed by atoms with Crippen molar-refractivity contribution >= 4 is 15.9 Å². The Morgan fingerprint density at radius 2 is 1.89 bits per heavy atom. The normalized spacial score (nSPS) is 17.8. The maximum absolute atomic E-state index is 12.9. The van der Waals surface area contributed by atoms with Crippen molar-refractivity contribution in [3.8, 4) is 0 Å². The number of carbonyl (C=O) groups is 1. The van der Waals surface area contributed by atoms with E-state index in [0.717, 1.165) is 16.7 Å². The second-order valence-electron chi connectivity index (χ2n) is 7.25. The number of benzene rings is 2. The van der Waals surface area contributed by atoms with Crippen molar-refractivity contribution in [3.05, 3.63) is 65.2 Å². The predicted octanol–water partition coefficient (Wildman–Crippen LogP) is 3.02. The lowest BCUT2D eigenvalue weighted by molar-refractivity contribution is -0.122. The highest BCUT2D eigenvalue weighted by molar-refractivity contribution is 7.89. The van der Waals surface area contributed by atoms with Crippen molar-refractivity contribution in [3.63, 3.8) is 0 Å². The van der Waals surface area contributed by atoms with Gasteiger partial charge in [0.1, 0.15) is 0 Å². The monoisotopic (exact) mass is 386 g/mol. The second-order valence-corrected chi connectivity index (χ2v) is 9.16. The molecule has 1 heterocycles. The molecule has 1 N–H and O–H groups in total. The third-order valence-corrected chi connectivity index (χ3v) is 7.03. The van der Waals surface area contributed by atoms with E-state index in [-0.39, 0.29) is 11.8 Å². The number of nitrogens with one attached hydrogen (secondary N) is 1. The first-order valence-electron chi connectivity index (χ1n) is 9.24. The van der Waals surface area contributed by atoms with Gasteiger partial charge in [-0.3, -0.25) is 4.79 Å². The molecule has 1 amide bonds. The van der Waals surface area contributed by atoms with Gasteiger partial charge in [0, 0.05) is 26.1 Å². The zero-order chi connectivity index (χ0) is 19.4. The van der Waals surface area contributed by atoms with Crippen molar-refractivity contribution in [1.29, 1.82) is 0 Å². The first kappa shape index (κ1) is 19.6. The van der Waals surface area contributed by atoms with Crippen LogP contribution in [0.2, 0.25) is 0 Å². The fraction of sp³-hybridized carbons (Fsp3) is 0.381. The highest BCUT2D eigenvalue weighted by atomic mass is 32.2. The molecule has 2 aromatic rings. The van der Waals surface area contributed by atoms with Crippen LogP contribution < -0.4 is 5.32 Å². The molecule has 3 rings (SSSR count). The molecule has 1 aliphatic rings. The Morgan fingerprint density at radius 1 is 1.15 bits per heavy atom. The Labute approximate surface area is 161 Å². The summed E-state index contributed by atoms with van der Waals surface area (Å²) in [5, 5.41) is 2.92. The van der Waals surface area contributed by atoms with Crippen LogP contribution in [-0.4, -0.2) is 31.7 Å². The highest BCUT2D eigenvalue weighted by Crippen LogP contribution is 2.28. The van der Waals surface area contributed by atoms with E-state index < -0.39 is 10.0 Å². The van der Waals surface area contributed by atoms with Gasteiger partial charge in [-0.2, -0.15) is 4.31 Å². The molecule has 144 valence electrons. The first-order valence-corrected chi connectivity index (χ1v) is 10.7. The zero-order valence-electron chi connectivity index (χ0n) is 15.8. The van der Waals surface area contributed by atoms with Gasteiger partial charge in [0.25, 0.3) is 0 Å². The summed E-state index contributed by atoms with van der Waals surface area (Å²) in [5.74, 6) is 0.0240. The largest absolute Gasteiger partial charge is 0.352 e. The lowest BCUT2D eigenvalue weighted by Gasteiger charge is -2.18. The van der Waals surface area contributed by atoms with Crippen LogP contribution >= 0.6 is 0 Å². The molecular formula is C21H26N2O3S. The van der Waals surface area contributed by atoms with Crippen molar-refractivity contribution in [2.75, 3.05) is 13.1 Å². The number of hydrogen-bond donors (Lipinski definition) is 1. The molecule has 0 saturated carbocycles. The van der Waals surface area contributed by atoms with Gasteiger partial charge in [-0.25, -0.2) is 8.42 Å². The van der Waals surface area contributed by atoms with E-state index in [2.05, 4.69) is 5.32 Å². The fourth-order valence-electron chi connectivity index (χ4n) is 3.54. The zero-order valence-corrected chi connectivity index (χ0v) is 16.6. The molecular weight excluding hydrogens is 360 g/mol. The summed E-state index contributed by atoms with van der Waals surface area (Å²) < 4.78 is 27.4. The molecule has 6 heteroatoms. The third-order valence-electron chi connectivity index (χ3n) is 5.00. The van der Waals surface area contributed by atoms with Gasteiger partial charge in [0.05, 0.1) is 4.90 Å². The van der Waals surface area contributed by atoms with E-state index >= 15 is 0 Å². The quantitative estimate of drug-likeness (QED) is 0.830. The maximum Gasteiger partial charge on any atom is 0.243 e. The summed E-state index contributed by atoms with van der Waals surface area (Å²) in [6.45, 7) is 5.13. The Balaban J connectivity index is 1.57. The third kappa shape index (κ3) is 4.76. The average Bonchev–Trinajstić information content (AvgIpc) is 3.10. The number of aryl methyl sites for hydroxylation is 2. The molecule has 0 aromatic heterocycles. The van der Waals surface area contributed by atoms with Crippen molar-refractivity contribution in [2.24, 2.45) is 5.92 Å². The van der Waals surface area contributed by atoms with Crippen molar-refractivity contribution < 1.29 is 13.2 Å². The fourth-order valence-corrected chi connectivity index (χ4v) is 5.28. The van der Waals surface area contributed by atoms with Crippen molar-refractivity contribution in [2.45, 2.75) is 38.1 Å². The van der Waals surface area contributed by atoms with Gasteiger partial charge in [0.15, 0.2) is 0 Å². The molecule has 1 fully saturated rings. The number of nitrogens with zero attached hydrogens (tertiary/aromatic N) is 1. The van der Waals surface area contributed by atoms with Crippen LogP contribution in [0.25, 0.3) is 0 Å². The van der Waals surface area contributed by atoms with E-state index in [0.29, 0.717) is 37.4 Å². The summed E-state index contributed by atoms with van der Waals surface area (Å²) in [7, 11) is -3.51. The first-order chi connectivity index (χ1) is 12.9. The predicted molar refractivity (Wildman–Crippen MR) is 106 cm³/mol. The Hall–Kier alpha value is -2.18. The summed E-state index contributed by atoms with van der Waals surface area (Å²) in [6.07, 6.45) is 1.06. The summed E-state index contributed by atoms with van der Waals surface area (Å²) in [5.41, 5.74) is 2.86. The lowest BCUT2D eigenvalue weighted by atomic mass is 10.0. The van der Waals surface area contributed by atoms with E-state index in [4.69, 9.17) is 0 Å². The molecule has 0 radical (unpaired) electrons. The number of carbonyl (C=O) groups excluding carboxylic acids is 1. The Morgan fingerprint density at radius 3 is 2.59 bits per heavy atom. The van der Waals surface area contributed by atoms with Crippen LogP contribution in [0.5, 0.6) is 0 Å². The number of rotatable bonds is 6. The highest BCUT2D eigenvalue weighted by Gasteiger charge is 2.34. The van der Waals surface area contributed by atoms with Gasteiger partial charge in [0.2, 0.25) is 15.9 Å². The minimum atomic E-state index is -3.51. The number of sulfonamides is 1. The molecule has 0 bridgehead atoms. The van der Waals surface area contributed by atoms with E-state index in [1.54, 1.807) is 6.07 Å². The molecule has 0 spiro atoms. The van der Waals surface area contributed by atoms with Gasteiger partial charge in [-0.15, -0.1) is 0 Å². The molecule has 5 nitrogen and oxygen atoms in total. The number of hydrogen-bond acceptors (Lipinski definition) is 3. The number of amides is 1. The summed E-state index contributed by atoms with van der Waals surface area (Å²) in [4.78, 5) is 12.6. The van der Waals surface area contributed by atoms with E-state index in [1.807, 2.05) is 56.3 Å². The van der Waals surface area contributed by atoms with Gasteiger partial charge < -0.3 is 5.32 Å². The Kier molecular flexibility index (Phi) is 5.97. The molecule has 0 unspecified atom stereocenters. The van der Waals surface area contributed by atoms with Crippen LogP contribution in [0, 0.1) is 19.8 Å². The van der Waals surface area contributed by atoms with Crippen LogP contribution in [0.1, 0.15) is 29.5 Å². The SMILES string of the molecule is Cc1ccc(S(=O)(=O)N2CC[C@H](CC(=O)NCc3ccccc3)C2)c(C)c1. The lowest BCUT2D eigenvalue weighted by Crippen LogP contribution is -2.30. The summed E-state index contributed by atoms with van der Waals surface area (Å²) in [6, 6.07) is 15.1. The van der Waals surface area contributed by atoms with Crippen LogP contribution in [-0.2, 0) is 21.4 Å². The second kappa shape index (κ2) is 8.23. The van der Waals surface area contributed by atoms with Crippen molar-refractivity contribution in [1.82, 2.24) is 9.62 Å². The van der Waals surface area contributed by atoms with Crippen LogP contribution in [0.15, 0.2) is 53.4 Å². The standard InChI is InChI=1S/C21H26N2O3S/c1-16-8-9-20(17(2)12-16)27(25,26)23-11-10-19(15-23)13-21(24)22-14-18-6-4-3-5-7-18/h3-9,12,19H,10-11,13-15H2,1-2H3,(H,22,24)/t19-/m1/s1. The Bertz CT molecular complexity index is 910. The minimum Gasteiger partial charge on any atom is -0.352 e. The molecule has 27 heavy (non-hydrogen) atoms. The minimum absolute atomic E-state index is 0.0328. The van der Waals surface area contributed by atoms with E-state index in [9.17, 15) is 13.2 Å². The van der Waals surface area contributed by atoms with E-state index in [1.165, 1.54) is 4.31 Å². The van der Waals surface area contributed by atoms with Gasteiger partial charge in [-0.1, -0.05) is 48.0 Å². The molecule has 1 atom stereocenters. The summed E-state index contributed by atoms with van der Waals surface area (Å²) >= 11 is 0. The smallest absolute Gasteiger partial charge is 0.243 e. The topological polar surface area (TPSA) is 66.5 Å². The molecule has 0 aliphatic carbocycles. The molecule has 2 aromatic carbocycles. The van der Waals surface area contributed by atoms with Crippen LogP contribution in [0.3, 0.4) is 0 Å². The molecule has 1 aliphatic heterocycles. The average molecular weight is 387 g/mol. The maximum atomic E-state index is 12.9. The van der Waals surface area contributed by atoms with Crippen LogP contribution in [0.4, 0.5) is 0 Å². The molecule has 1 saturated heterocycles. The van der Waals surface area contributed by atoms with Gasteiger partial charge >= 0.3 is 0 Å². The van der Waals surface area contributed by atoms with Gasteiger partial charge in [-0.05, 0) is 43.4 Å².